The Labute approximate surface area is 133 Å². The Morgan fingerprint density at radius 3 is 3.05 bits per heavy atom. The number of thiophene rings is 1. The Morgan fingerprint density at radius 2 is 2.33 bits per heavy atom. The summed E-state index contributed by atoms with van der Waals surface area (Å²) in [6.45, 7) is 3.38. The van der Waals surface area contributed by atoms with Crippen LogP contribution in [-0.4, -0.2) is 44.4 Å². The smallest absolute Gasteiger partial charge is 0.240 e. The summed E-state index contributed by atoms with van der Waals surface area (Å²) < 4.78 is 6.07. The maximum absolute atomic E-state index is 12.1. The molecule has 21 heavy (non-hydrogen) atoms. The van der Waals surface area contributed by atoms with Gasteiger partial charge in [0.1, 0.15) is 6.54 Å². The fourth-order valence-electron chi connectivity index (χ4n) is 2.03. The number of anilines is 1. The number of thioether (sulfide) groups is 1. The molecule has 7 heteroatoms. The van der Waals surface area contributed by atoms with Gasteiger partial charge in [-0.3, -0.25) is 9.59 Å². The number of carbonyl (C=O) groups excluding carboxylic acids is 2. The summed E-state index contributed by atoms with van der Waals surface area (Å²) in [6, 6.07) is 2.03. The van der Waals surface area contributed by atoms with E-state index in [1.165, 1.54) is 4.88 Å². The molecule has 2 rings (SSSR count). The van der Waals surface area contributed by atoms with Gasteiger partial charge in [0.2, 0.25) is 11.8 Å². The Morgan fingerprint density at radius 1 is 1.52 bits per heavy atom. The molecular weight excluding hydrogens is 308 g/mol. The standard InChI is InChI=1S/C14H20N2O3S2/c1-3-10-7-11-14(21-10)20-9-13(18)16(11)8-12(17)15-5-4-6-19-2/h7H,3-6,8-9H2,1-2H3,(H,15,17). The summed E-state index contributed by atoms with van der Waals surface area (Å²) in [5, 5.41) is 2.82. The molecule has 2 amide bonds. The molecule has 116 valence electrons. The topological polar surface area (TPSA) is 58.6 Å². The van der Waals surface area contributed by atoms with Gasteiger partial charge < -0.3 is 15.0 Å². The number of hydrogen-bond acceptors (Lipinski definition) is 5. The Balaban J connectivity index is 1.97. The van der Waals surface area contributed by atoms with Crippen LogP contribution in [-0.2, 0) is 20.7 Å². The fraction of sp³-hybridized carbons (Fsp3) is 0.571. The van der Waals surface area contributed by atoms with Crippen LogP contribution in [0.2, 0.25) is 0 Å². The van der Waals surface area contributed by atoms with Gasteiger partial charge in [-0.25, -0.2) is 0 Å². The highest BCUT2D eigenvalue weighted by Crippen LogP contribution is 2.42. The van der Waals surface area contributed by atoms with E-state index in [4.69, 9.17) is 4.74 Å². The predicted octanol–water partition coefficient (Wildman–Crippen LogP) is 1.90. The van der Waals surface area contributed by atoms with Crippen molar-refractivity contribution < 1.29 is 14.3 Å². The number of aryl methyl sites for hydroxylation is 1. The molecule has 2 heterocycles. The summed E-state index contributed by atoms with van der Waals surface area (Å²) in [5.74, 6) is 0.287. The van der Waals surface area contributed by atoms with E-state index in [0.717, 1.165) is 22.7 Å². The average Bonchev–Trinajstić information content (AvgIpc) is 2.90. The molecule has 1 aliphatic rings. The van der Waals surface area contributed by atoms with E-state index in [1.807, 2.05) is 6.07 Å². The Kier molecular flexibility index (Phi) is 6.08. The zero-order valence-corrected chi connectivity index (χ0v) is 13.9. The Bertz CT molecular complexity index is 516. The van der Waals surface area contributed by atoms with Gasteiger partial charge in [-0.15, -0.1) is 23.1 Å². The maximum Gasteiger partial charge on any atom is 0.240 e. The molecular formula is C14H20N2O3S2. The van der Waals surface area contributed by atoms with Crippen LogP contribution in [0.3, 0.4) is 0 Å². The van der Waals surface area contributed by atoms with Crippen LogP contribution in [0.25, 0.3) is 0 Å². The number of carbonyl (C=O) groups is 2. The van der Waals surface area contributed by atoms with Crippen molar-refractivity contribution in [3.8, 4) is 0 Å². The van der Waals surface area contributed by atoms with E-state index in [2.05, 4.69) is 12.2 Å². The summed E-state index contributed by atoms with van der Waals surface area (Å²) in [4.78, 5) is 26.9. The lowest BCUT2D eigenvalue weighted by Crippen LogP contribution is -2.43. The van der Waals surface area contributed by atoms with E-state index in [9.17, 15) is 9.59 Å². The highest BCUT2D eigenvalue weighted by molar-refractivity contribution is 8.02. The first-order chi connectivity index (χ1) is 10.2. The van der Waals surface area contributed by atoms with Crippen LogP contribution >= 0.6 is 23.1 Å². The van der Waals surface area contributed by atoms with Gasteiger partial charge in [-0.05, 0) is 18.9 Å². The minimum absolute atomic E-state index is 0.00000501. The second kappa shape index (κ2) is 7.82. The van der Waals surface area contributed by atoms with E-state index in [1.54, 1.807) is 35.1 Å². The molecule has 1 aromatic rings. The molecule has 1 aromatic heterocycles. The van der Waals surface area contributed by atoms with Gasteiger partial charge >= 0.3 is 0 Å². The minimum Gasteiger partial charge on any atom is -0.385 e. The largest absolute Gasteiger partial charge is 0.385 e. The molecule has 0 saturated carbocycles. The lowest BCUT2D eigenvalue weighted by atomic mass is 10.3. The SMILES string of the molecule is CCc1cc2c(s1)SCC(=O)N2CC(=O)NCCCOC. The van der Waals surface area contributed by atoms with Crippen molar-refractivity contribution in [3.63, 3.8) is 0 Å². The van der Waals surface area contributed by atoms with E-state index < -0.39 is 0 Å². The lowest BCUT2D eigenvalue weighted by molar-refractivity contribution is -0.123. The number of ether oxygens (including phenoxy) is 1. The second-order valence-electron chi connectivity index (χ2n) is 4.70. The molecule has 0 saturated heterocycles. The zero-order valence-electron chi connectivity index (χ0n) is 12.3. The van der Waals surface area contributed by atoms with E-state index >= 15 is 0 Å². The van der Waals surface area contributed by atoms with Gasteiger partial charge in [-0.1, -0.05) is 6.92 Å². The number of methoxy groups -OCH3 is 1. The highest BCUT2D eigenvalue weighted by Gasteiger charge is 2.28. The van der Waals surface area contributed by atoms with Crippen LogP contribution in [0, 0.1) is 0 Å². The summed E-state index contributed by atoms with van der Waals surface area (Å²) in [6.07, 6.45) is 1.72. The molecule has 5 nitrogen and oxygen atoms in total. The van der Waals surface area contributed by atoms with E-state index in [-0.39, 0.29) is 18.4 Å². The molecule has 0 radical (unpaired) electrons. The van der Waals surface area contributed by atoms with Crippen molar-refractivity contribution in [2.24, 2.45) is 0 Å². The predicted molar refractivity (Wildman–Crippen MR) is 86.3 cm³/mol. The van der Waals surface area contributed by atoms with Crippen molar-refractivity contribution in [2.45, 2.75) is 24.0 Å². The molecule has 0 fully saturated rings. The average molecular weight is 328 g/mol. The number of rotatable bonds is 7. The fourth-order valence-corrected chi connectivity index (χ4v) is 4.32. The third kappa shape index (κ3) is 4.21. The number of fused-ring (bicyclic) bond motifs is 1. The third-order valence-electron chi connectivity index (χ3n) is 3.15. The van der Waals surface area contributed by atoms with Crippen LogP contribution < -0.4 is 10.2 Å². The summed E-state index contributed by atoms with van der Waals surface area (Å²) in [5.41, 5.74) is 0.894. The number of amides is 2. The minimum atomic E-state index is -0.124. The molecule has 0 unspecified atom stereocenters. The van der Waals surface area contributed by atoms with Crippen molar-refractivity contribution in [1.82, 2.24) is 5.32 Å². The first kappa shape index (κ1) is 16.3. The molecule has 0 atom stereocenters. The van der Waals surface area contributed by atoms with Crippen molar-refractivity contribution in [2.75, 3.05) is 37.5 Å². The van der Waals surface area contributed by atoms with Crippen LogP contribution in [0.15, 0.2) is 10.3 Å². The Hall–Kier alpha value is -1.05. The number of hydrogen-bond donors (Lipinski definition) is 1. The molecule has 0 bridgehead atoms. The highest BCUT2D eigenvalue weighted by atomic mass is 32.2. The molecule has 0 spiro atoms. The molecule has 1 aliphatic heterocycles. The van der Waals surface area contributed by atoms with Gasteiger partial charge in [0, 0.05) is 25.1 Å². The first-order valence-electron chi connectivity index (χ1n) is 6.97. The quantitative estimate of drug-likeness (QED) is 0.777. The lowest BCUT2D eigenvalue weighted by Gasteiger charge is -2.25. The molecule has 1 N–H and O–H groups in total. The van der Waals surface area contributed by atoms with Crippen molar-refractivity contribution in [3.05, 3.63) is 10.9 Å². The van der Waals surface area contributed by atoms with Crippen molar-refractivity contribution >= 4 is 40.6 Å². The van der Waals surface area contributed by atoms with Gasteiger partial charge in [0.05, 0.1) is 15.6 Å². The number of nitrogens with one attached hydrogen (secondary N) is 1. The van der Waals surface area contributed by atoms with Gasteiger partial charge in [0.15, 0.2) is 0 Å². The van der Waals surface area contributed by atoms with Gasteiger partial charge in [-0.2, -0.15) is 0 Å². The van der Waals surface area contributed by atoms with Crippen LogP contribution in [0.4, 0.5) is 5.69 Å². The monoisotopic (exact) mass is 328 g/mol. The first-order valence-corrected chi connectivity index (χ1v) is 8.77. The third-order valence-corrected chi connectivity index (χ3v) is 5.68. The van der Waals surface area contributed by atoms with Crippen LogP contribution in [0.5, 0.6) is 0 Å². The van der Waals surface area contributed by atoms with Gasteiger partial charge in [0.25, 0.3) is 0 Å². The van der Waals surface area contributed by atoms with Crippen molar-refractivity contribution in [1.29, 1.82) is 0 Å². The summed E-state index contributed by atoms with van der Waals surface area (Å²) in [7, 11) is 1.63. The molecule has 0 aliphatic carbocycles. The number of nitrogens with zero attached hydrogens (tertiary/aromatic N) is 1. The summed E-state index contributed by atoms with van der Waals surface area (Å²) >= 11 is 3.28. The van der Waals surface area contributed by atoms with Crippen LogP contribution in [0.1, 0.15) is 18.2 Å². The maximum atomic E-state index is 12.1. The molecule has 0 aromatic carbocycles. The van der Waals surface area contributed by atoms with E-state index in [0.29, 0.717) is 18.9 Å². The zero-order chi connectivity index (χ0) is 15.2. The second-order valence-corrected chi connectivity index (χ2v) is 7.08. The normalized spacial score (nSPS) is 14.2.